The van der Waals surface area contributed by atoms with Crippen molar-refractivity contribution in [2.75, 3.05) is 0 Å². The fourth-order valence-corrected chi connectivity index (χ4v) is 6.36. The Hall–Kier alpha value is -0.340. The molecule has 4 aliphatic carbocycles. The quantitative estimate of drug-likeness (QED) is 0.828. The average molecular weight is 289 g/mol. The number of rotatable bonds is 4. The molecule has 0 aromatic carbocycles. The van der Waals surface area contributed by atoms with Crippen LogP contribution >= 0.6 is 11.3 Å². The van der Waals surface area contributed by atoms with E-state index in [2.05, 4.69) is 31.3 Å². The Balaban J connectivity index is 1.43. The van der Waals surface area contributed by atoms with E-state index in [0.29, 0.717) is 11.5 Å². The molecular formula is C18H27NS. The molecule has 110 valence electrons. The topological polar surface area (TPSA) is 12.0 Å². The van der Waals surface area contributed by atoms with Crippen LogP contribution in [0.1, 0.15) is 68.0 Å². The van der Waals surface area contributed by atoms with Crippen molar-refractivity contribution >= 4 is 11.3 Å². The van der Waals surface area contributed by atoms with Crippen LogP contribution in [0.3, 0.4) is 0 Å². The minimum Gasteiger partial charge on any atom is -0.306 e. The molecule has 1 N–H and O–H groups in total. The van der Waals surface area contributed by atoms with Crippen molar-refractivity contribution < 1.29 is 0 Å². The minimum atomic E-state index is 0.511. The first-order valence-corrected chi connectivity index (χ1v) is 9.27. The monoisotopic (exact) mass is 289 g/mol. The van der Waals surface area contributed by atoms with Crippen LogP contribution in [0.5, 0.6) is 0 Å². The van der Waals surface area contributed by atoms with E-state index in [1.165, 1.54) is 48.3 Å². The van der Waals surface area contributed by atoms with Gasteiger partial charge in [0.15, 0.2) is 0 Å². The summed E-state index contributed by atoms with van der Waals surface area (Å²) in [7, 11) is 0. The molecule has 0 aliphatic heterocycles. The van der Waals surface area contributed by atoms with Crippen LogP contribution in [0.4, 0.5) is 0 Å². The second-order valence-electron chi connectivity index (χ2n) is 8.01. The Morgan fingerprint density at radius 3 is 2.20 bits per heavy atom. The van der Waals surface area contributed by atoms with Gasteiger partial charge in [0, 0.05) is 21.8 Å². The van der Waals surface area contributed by atoms with Crippen molar-refractivity contribution in [3.63, 3.8) is 0 Å². The highest BCUT2D eigenvalue weighted by Crippen LogP contribution is 2.55. The Morgan fingerprint density at radius 2 is 1.70 bits per heavy atom. The van der Waals surface area contributed by atoms with Crippen LogP contribution in [0.15, 0.2) is 12.1 Å². The van der Waals surface area contributed by atoms with Gasteiger partial charge in [-0.3, -0.25) is 0 Å². The molecule has 4 bridgehead atoms. The van der Waals surface area contributed by atoms with Gasteiger partial charge in [-0.15, -0.1) is 11.3 Å². The number of nitrogens with one attached hydrogen (secondary N) is 1. The number of hydrogen-bond acceptors (Lipinski definition) is 2. The summed E-state index contributed by atoms with van der Waals surface area (Å²) in [5.74, 6) is 3.81. The minimum absolute atomic E-state index is 0.511. The lowest BCUT2D eigenvalue weighted by Crippen LogP contribution is -2.58. The fraction of sp³-hybridized carbons (Fsp3) is 0.778. The van der Waals surface area contributed by atoms with Gasteiger partial charge in [0.25, 0.3) is 0 Å². The molecule has 4 saturated carbocycles. The first-order valence-electron chi connectivity index (χ1n) is 8.45. The van der Waals surface area contributed by atoms with Crippen LogP contribution < -0.4 is 5.32 Å². The highest BCUT2D eigenvalue weighted by molar-refractivity contribution is 7.12. The molecule has 1 heterocycles. The zero-order valence-electron chi connectivity index (χ0n) is 12.8. The first kappa shape index (κ1) is 13.3. The van der Waals surface area contributed by atoms with Gasteiger partial charge in [0.05, 0.1) is 0 Å². The van der Waals surface area contributed by atoms with Crippen LogP contribution in [0.2, 0.25) is 0 Å². The summed E-state index contributed by atoms with van der Waals surface area (Å²) in [4.78, 5) is 3.07. The molecule has 5 rings (SSSR count). The molecule has 1 aromatic heterocycles. The summed E-state index contributed by atoms with van der Waals surface area (Å²) in [5, 5.41) is 4.01. The molecule has 0 atom stereocenters. The molecule has 0 saturated heterocycles. The fourth-order valence-electron chi connectivity index (χ4n) is 5.40. The van der Waals surface area contributed by atoms with Crippen molar-refractivity contribution in [2.45, 2.75) is 70.4 Å². The first-order chi connectivity index (χ1) is 9.62. The van der Waals surface area contributed by atoms with E-state index >= 15 is 0 Å². The third kappa shape index (κ3) is 2.35. The van der Waals surface area contributed by atoms with Crippen molar-refractivity contribution in [1.29, 1.82) is 0 Å². The number of hydrogen-bond donors (Lipinski definition) is 1. The van der Waals surface area contributed by atoms with E-state index in [9.17, 15) is 0 Å². The zero-order valence-corrected chi connectivity index (χ0v) is 13.6. The molecular weight excluding hydrogens is 262 g/mol. The normalized spacial score (nSPS) is 38.9. The largest absolute Gasteiger partial charge is 0.306 e. The van der Waals surface area contributed by atoms with E-state index in [4.69, 9.17) is 0 Å². The highest BCUT2D eigenvalue weighted by Gasteiger charge is 2.50. The summed E-state index contributed by atoms with van der Waals surface area (Å²) in [6.07, 6.45) is 9.00. The predicted molar refractivity (Wildman–Crippen MR) is 86.2 cm³/mol. The average Bonchev–Trinajstić information content (AvgIpc) is 2.84. The second kappa shape index (κ2) is 4.84. The van der Waals surface area contributed by atoms with E-state index in [0.717, 1.165) is 24.3 Å². The van der Waals surface area contributed by atoms with Crippen LogP contribution in [-0.4, -0.2) is 5.54 Å². The molecule has 1 nitrogen and oxygen atoms in total. The molecule has 1 aromatic rings. The second-order valence-corrected chi connectivity index (χ2v) is 9.21. The number of thiophene rings is 1. The Bertz CT molecular complexity index is 452. The van der Waals surface area contributed by atoms with Crippen LogP contribution in [-0.2, 0) is 6.54 Å². The summed E-state index contributed by atoms with van der Waals surface area (Å²) in [6, 6.07) is 4.67. The van der Waals surface area contributed by atoms with Gasteiger partial charge in [-0.2, -0.15) is 0 Å². The summed E-state index contributed by atoms with van der Waals surface area (Å²) in [6.45, 7) is 5.69. The maximum absolute atomic E-state index is 4.01. The van der Waals surface area contributed by atoms with Crippen LogP contribution in [0.25, 0.3) is 0 Å². The summed E-state index contributed by atoms with van der Waals surface area (Å²) >= 11 is 2.01. The van der Waals surface area contributed by atoms with Crippen LogP contribution in [0, 0.1) is 17.8 Å². The van der Waals surface area contributed by atoms with Gasteiger partial charge < -0.3 is 5.32 Å². The van der Waals surface area contributed by atoms with Gasteiger partial charge in [-0.1, -0.05) is 13.8 Å². The van der Waals surface area contributed by atoms with Gasteiger partial charge in [0.1, 0.15) is 0 Å². The maximum Gasteiger partial charge on any atom is 0.0305 e. The molecule has 4 aliphatic rings. The van der Waals surface area contributed by atoms with E-state index in [1.807, 2.05) is 11.3 Å². The van der Waals surface area contributed by atoms with Crippen molar-refractivity contribution in [3.05, 3.63) is 21.9 Å². The Morgan fingerprint density at radius 1 is 1.10 bits per heavy atom. The maximum atomic E-state index is 4.01. The zero-order chi connectivity index (χ0) is 13.7. The van der Waals surface area contributed by atoms with Gasteiger partial charge in [-0.25, -0.2) is 0 Å². The van der Waals surface area contributed by atoms with Crippen molar-refractivity contribution in [3.8, 4) is 0 Å². The molecule has 0 amide bonds. The lowest BCUT2D eigenvalue weighted by atomic mass is 9.53. The standard InChI is InChI=1S/C18H27NS/c1-12(2)17-4-3-16(20-17)11-19-18-8-13-5-14(9-18)7-15(6-13)10-18/h3-4,12-15,19H,5-11H2,1-2H3. The summed E-state index contributed by atoms with van der Waals surface area (Å²) < 4.78 is 0. The van der Waals surface area contributed by atoms with Gasteiger partial charge >= 0.3 is 0 Å². The van der Waals surface area contributed by atoms with Crippen molar-refractivity contribution in [1.82, 2.24) is 5.32 Å². The molecule has 20 heavy (non-hydrogen) atoms. The molecule has 0 unspecified atom stereocenters. The SMILES string of the molecule is CC(C)c1ccc(CNC23CC4CC(CC(C4)C2)C3)s1. The summed E-state index contributed by atoms with van der Waals surface area (Å²) in [5.41, 5.74) is 0.511. The molecule has 2 heteroatoms. The molecule has 4 fully saturated rings. The van der Waals surface area contributed by atoms with Gasteiger partial charge in [0.2, 0.25) is 0 Å². The predicted octanol–water partition coefficient (Wildman–Crippen LogP) is 4.93. The molecule has 0 spiro atoms. The van der Waals surface area contributed by atoms with E-state index in [1.54, 1.807) is 0 Å². The Kier molecular flexibility index (Phi) is 3.23. The van der Waals surface area contributed by atoms with E-state index in [-0.39, 0.29) is 0 Å². The third-order valence-corrected chi connectivity index (χ3v) is 7.31. The Labute approximate surface area is 127 Å². The molecule has 0 radical (unpaired) electrons. The van der Waals surface area contributed by atoms with Crippen molar-refractivity contribution in [2.24, 2.45) is 17.8 Å². The highest BCUT2D eigenvalue weighted by atomic mass is 32.1. The smallest absolute Gasteiger partial charge is 0.0305 e. The third-order valence-electron chi connectivity index (χ3n) is 5.93. The van der Waals surface area contributed by atoms with E-state index < -0.39 is 0 Å². The van der Waals surface area contributed by atoms with Gasteiger partial charge in [-0.05, 0) is 74.3 Å². The lowest BCUT2D eigenvalue weighted by molar-refractivity contribution is -0.0204. The lowest BCUT2D eigenvalue weighted by Gasteiger charge is -2.57.